The zero-order valence-electron chi connectivity index (χ0n) is 10.9. The third-order valence-electron chi connectivity index (χ3n) is 2.40. The van der Waals surface area contributed by atoms with Gasteiger partial charge in [0, 0.05) is 12.1 Å². The lowest BCUT2D eigenvalue weighted by Crippen LogP contribution is -2.37. The first-order valence-electron chi connectivity index (χ1n) is 5.92. The molecule has 1 heterocycles. The van der Waals surface area contributed by atoms with Gasteiger partial charge in [0.15, 0.2) is 0 Å². The van der Waals surface area contributed by atoms with Gasteiger partial charge in [-0.3, -0.25) is 0 Å². The molecule has 0 aliphatic rings. The first-order valence-corrected chi connectivity index (χ1v) is 6.86. The number of hydrogen-bond donors (Lipinski definition) is 1. The third-order valence-corrected chi connectivity index (χ3v) is 3.14. The van der Waals surface area contributed by atoms with Crippen molar-refractivity contribution >= 4 is 11.3 Å². The molecule has 0 aliphatic carbocycles. The molecule has 0 saturated heterocycles. The molecule has 0 fully saturated rings. The summed E-state index contributed by atoms with van der Waals surface area (Å²) >= 11 is 1.77. The highest BCUT2D eigenvalue weighted by atomic mass is 32.1. The fraction of sp³-hybridized carbons (Fsp3) is 0.692. The zero-order chi connectivity index (χ0) is 12.0. The lowest BCUT2D eigenvalue weighted by Gasteiger charge is -2.22. The summed E-state index contributed by atoms with van der Waals surface area (Å²) in [4.78, 5) is 2.38. The summed E-state index contributed by atoms with van der Waals surface area (Å²) in [5.74, 6) is 0. The van der Waals surface area contributed by atoms with E-state index < -0.39 is 0 Å². The van der Waals surface area contributed by atoms with E-state index in [9.17, 15) is 0 Å². The van der Waals surface area contributed by atoms with Crippen LogP contribution in [0.5, 0.6) is 0 Å². The summed E-state index contributed by atoms with van der Waals surface area (Å²) in [5, 5.41) is 7.88. The Hall–Kier alpha value is -0.380. The number of hydrogen-bond acceptors (Lipinski definition) is 3. The fourth-order valence-corrected chi connectivity index (χ4v) is 2.25. The predicted molar refractivity (Wildman–Crippen MR) is 73.0 cm³/mol. The molecule has 3 heteroatoms. The van der Waals surface area contributed by atoms with Crippen LogP contribution in [0, 0.1) is 0 Å². The minimum Gasteiger partial charge on any atom is -0.312 e. The second kappa shape index (κ2) is 6.38. The van der Waals surface area contributed by atoms with Gasteiger partial charge in [-0.15, -0.1) is 0 Å². The Morgan fingerprint density at radius 3 is 2.69 bits per heavy atom. The number of rotatable bonds is 6. The molecule has 1 rings (SSSR count). The molecule has 0 spiro atoms. The number of thiophene rings is 1. The molecule has 1 aromatic heterocycles. The summed E-state index contributed by atoms with van der Waals surface area (Å²) < 4.78 is 0. The van der Waals surface area contributed by atoms with Crippen molar-refractivity contribution in [3.05, 3.63) is 22.4 Å². The number of nitrogens with one attached hydrogen (secondary N) is 1. The Labute approximate surface area is 104 Å². The van der Waals surface area contributed by atoms with Gasteiger partial charge in [0.25, 0.3) is 0 Å². The predicted octanol–water partition coefficient (Wildman–Crippen LogP) is 2.96. The van der Waals surface area contributed by atoms with Crippen molar-refractivity contribution in [1.29, 1.82) is 0 Å². The molecule has 2 nitrogen and oxygen atoms in total. The Bertz CT molecular complexity index is 275. The Balaban J connectivity index is 2.09. The van der Waals surface area contributed by atoms with Crippen molar-refractivity contribution in [2.75, 3.05) is 20.1 Å². The monoisotopic (exact) mass is 240 g/mol. The SMILES string of the molecule is CN(CCCNC(C)(C)C)Cc1ccsc1. The van der Waals surface area contributed by atoms with Crippen LogP contribution >= 0.6 is 11.3 Å². The van der Waals surface area contributed by atoms with Gasteiger partial charge >= 0.3 is 0 Å². The van der Waals surface area contributed by atoms with Gasteiger partial charge < -0.3 is 10.2 Å². The van der Waals surface area contributed by atoms with Crippen molar-refractivity contribution in [1.82, 2.24) is 10.2 Å². The Kier molecular flexibility index (Phi) is 5.46. The van der Waals surface area contributed by atoms with Crippen LogP contribution < -0.4 is 5.32 Å². The van der Waals surface area contributed by atoms with Gasteiger partial charge in [-0.2, -0.15) is 11.3 Å². The molecule has 0 radical (unpaired) electrons. The molecule has 0 unspecified atom stereocenters. The standard InChI is InChI=1S/C13H24N2S/c1-13(2,3)14-7-5-8-15(4)10-12-6-9-16-11-12/h6,9,11,14H,5,7-8,10H2,1-4H3. The summed E-state index contributed by atoms with van der Waals surface area (Å²) in [6.07, 6.45) is 1.21. The second-order valence-corrected chi connectivity index (χ2v) is 6.18. The van der Waals surface area contributed by atoms with Crippen molar-refractivity contribution in [2.45, 2.75) is 39.3 Å². The summed E-state index contributed by atoms with van der Waals surface area (Å²) in [6.45, 7) is 9.95. The Morgan fingerprint density at radius 2 is 2.12 bits per heavy atom. The van der Waals surface area contributed by atoms with Gasteiger partial charge in [-0.25, -0.2) is 0 Å². The van der Waals surface area contributed by atoms with E-state index in [-0.39, 0.29) is 5.54 Å². The van der Waals surface area contributed by atoms with E-state index in [1.807, 2.05) is 0 Å². The van der Waals surface area contributed by atoms with E-state index in [0.717, 1.165) is 19.6 Å². The average molecular weight is 240 g/mol. The maximum Gasteiger partial charge on any atom is 0.0238 e. The molecular formula is C13H24N2S. The first kappa shape index (κ1) is 13.7. The largest absolute Gasteiger partial charge is 0.312 e. The topological polar surface area (TPSA) is 15.3 Å². The van der Waals surface area contributed by atoms with Crippen LogP contribution in [0.25, 0.3) is 0 Å². The minimum atomic E-state index is 0.242. The zero-order valence-corrected chi connectivity index (χ0v) is 11.7. The van der Waals surface area contributed by atoms with E-state index in [4.69, 9.17) is 0 Å². The van der Waals surface area contributed by atoms with Crippen LogP contribution in [0.3, 0.4) is 0 Å². The fourth-order valence-electron chi connectivity index (χ4n) is 1.59. The van der Waals surface area contributed by atoms with Crippen molar-refractivity contribution < 1.29 is 0 Å². The third kappa shape index (κ3) is 6.26. The molecule has 0 amide bonds. The molecule has 0 aliphatic heterocycles. The van der Waals surface area contributed by atoms with Crippen LogP contribution in [0.4, 0.5) is 0 Å². The quantitative estimate of drug-likeness (QED) is 0.769. The van der Waals surface area contributed by atoms with Crippen LogP contribution in [-0.4, -0.2) is 30.6 Å². The molecule has 0 atom stereocenters. The van der Waals surface area contributed by atoms with Gasteiger partial charge in [0.2, 0.25) is 0 Å². The number of nitrogens with zero attached hydrogens (tertiary/aromatic N) is 1. The summed E-state index contributed by atoms with van der Waals surface area (Å²) in [5.41, 5.74) is 1.67. The van der Waals surface area contributed by atoms with E-state index in [1.54, 1.807) is 11.3 Å². The summed E-state index contributed by atoms with van der Waals surface area (Å²) in [6, 6.07) is 2.20. The minimum absolute atomic E-state index is 0.242. The summed E-state index contributed by atoms with van der Waals surface area (Å²) in [7, 11) is 2.19. The highest BCUT2D eigenvalue weighted by Gasteiger charge is 2.07. The normalized spacial score (nSPS) is 12.3. The average Bonchev–Trinajstić information content (AvgIpc) is 2.63. The van der Waals surface area contributed by atoms with Crippen molar-refractivity contribution in [3.63, 3.8) is 0 Å². The molecule has 1 aromatic rings. The van der Waals surface area contributed by atoms with Gasteiger partial charge in [-0.05, 0) is 69.7 Å². The maximum absolute atomic E-state index is 3.51. The van der Waals surface area contributed by atoms with Gasteiger partial charge in [-0.1, -0.05) is 0 Å². The van der Waals surface area contributed by atoms with Crippen LogP contribution in [0.15, 0.2) is 16.8 Å². The second-order valence-electron chi connectivity index (χ2n) is 5.40. The highest BCUT2D eigenvalue weighted by molar-refractivity contribution is 7.07. The lowest BCUT2D eigenvalue weighted by molar-refractivity contribution is 0.310. The molecular weight excluding hydrogens is 216 g/mol. The van der Waals surface area contributed by atoms with Crippen LogP contribution in [0.2, 0.25) is 0 Å². The van der Waals surface area contributed by atoms with E-state index in [0.29, 0.717) is 0 Å². The molecule has 1 N–H and O–H groups in total. The van der Waals surface area contributed by atoms with Crippen molar-refractivity contribution in [3.8, 4) is 0 Å². The van der Waals surface area contributed by atoms with Crippen LogP contribution in [-0.2, 0) is 6.54 Å². The van der Waals surface area contributed by atoms with Crippen LogP contribution in [0.1, 0.15) is 32.8 Å². The first-order chi connectivity index (χ1) is 7.47. The molecule has 0 bridgehead atoms. The Morgan fingerprint density at radius 1 is 1.38 bits per heavy atom. The molecule has 92 valence electrons. The smallest absolute Gasteiger partial charge is 0.0238 e. The molecule has 0 saturated carbocycles. The van der Waals surface area contributed by atoms with E-state index in [2.05, 4.69) is 54.9 Å². The van der Waals surface area contributed by atoms with Gasteiger partial charge in [0.1, 0.15) is 0 Å². The molecule has 16 heavy (non-hydrogen) atoms. The van der Waals surface area contributed by atoms with E-state index >= 15 is 0 Å². The maximum atomic E-state index is 3.51. The lowest BCUT2D eigenvalue weighted by atomic mass is 10.1. The highest BCUT2D eigenvalue weighted by Crippen LogP contribution is 2.08. The van der Waals surface area contributed by atoms with Crippen molar-refractivity contribution in [2.24, 2.45) is 0 Å². The molecule has 0 aromatic carbocycles. The van der Waals surface area contributed by atoms with Gasteiger partial charge in [0.05, 0.1) is 0 Å². The van der Waals surface area contributed by atoms with E-state index in [1.165, 1.54) is 12.0 Å².